The molecule has 0 spiro atoms. The highest BCUT2D eigenvalue weighted by atomic mass is 16.5. The molecule has 7 nitrogen and oxygen atoms in total. The number of hydrogen-bond acceptors (Lipinski definition) is 5. The molecule has 0 saturated carbocycles. The van der Waals surface area contributed by atoms with Crippen LogP contribution >= 0.6 is 0 Å². The van der Waals surface area contributed by atoms with Gasteiger partial charge in [0.05, 0.1) is 32.6 Å². The number of hydrogen-bond donors (Lipinski definition) is 2. The maximum absolute atomic E-state index is 12.3. The van der Waals surface area contributed by atoms with Crippen molar-refractivity contribution < 1.29 is 28.9 Å². The van der Waals surface area contributed by atoms with Crippen LogP contribution in [0.25, 0.3) is 0 Å². The van der Waals surface area contributed by atoms with Gasteiger partial charge >= 0.3 is 5.97 Å². The fraction of sp³-hybridized carbons (Fsp3) is 0.263. The lowest BCUT2D eigenvalue weighted by Crippen LogP contribution is -2.14. The van der Waals surface area contributed by atoms with E-state index in [1.54, 1.807) is 7.11 Å². The van der Waals surface area contributed by atoms with Crippen molar-refractivity contribution in [3.05, 3.63) is 47.5 Å². The maximum Gasteiger partial charge on any atom is 0.335 e. The van der Waals surface area contributed by atoms with Crippen molar-refractivity contribution in [2.75, 3.05) is 26.6 Å². The smallest absolute Gasteiger partial charge is 0.335 e. The second kappa shape index (κ2) is 8.75. The van der Waals surface area contributed by atoms with Crippen molar-refractivity contribution in [1.82, 2.24) is 0 Å². The summed E-state index contributed by atoms with van der Waals surface area (Å²) in [4.78, 5) is 23.6. The average molecular weight is 359 g/mol. The summed E-state index contributed by atoms with van der Waals surface area (Å²) in [7, 11) is 4.41. The highest BCUT2D eigenvalue weighted by Crippen LogP contribution is 2.36. The SMILES string of the molecule is COc1cccc(CCC(=O)Nc2cc(C(=O)O)cc(OC)c2OC)c1. The quantitative estimate of drug-likeness (QED) is 0.752. The Balaban J connectivity index is 2.14. The van der Waals surface area contributed by atoms with Gasteiger partial charge in [0.2, 0.25) is 5.91 Å². The summed E-state index contributed by atoms with van der Waals surface area (Å²) >= 11 is 0. The van der Waals surface area contributed by atoms with Crippen molar-refractivity contribution in [3.63, 3.8) is 0 Å². The predicted molar refractivity (Wildman–Crippen MR) is 96.5 cm³/mol. The van der Waals surface area contributed by atoms with E-state index in [9.17, 15) is 14.7 Å². The second-order valence-corrected chi connectivity index (χ2v) is 5.46. The molecule has 138 valence electrons. The van der Waals surface area contributed by atoms with E-state index >= 15 is 0 Å². The summed E-state index contributed by atoms with van der Waals surface area (Å²) in [6.45, 7) is 0. The van der Waals surface area contributed by atoms with Gasteiger partial charge in [0.1, 0.15) is 5.75 Å². The Labute approximate surface area is 151 Å². The van der Waals surface area contributed by atoms with Gasteiger partial charge in [0.15, 0.2) is 11.5 Å². The van der Waals surface area contributed by atoms with Gasteiger partial charge in [-0.05, 0) is 36.2 Å². The summed E-state index contributed by atoms with van der Waals surface area (Å²) in [6.07, 6.45) is 0.733. The first-order chi connectivity index (χ1) is 12.5. The first-order valence-electron chi connectivity index (χ1n) is 7.90. The molecule has 0 aromatic heterocycles. The molecule has 0 fully saturated rings. The molecular weight excluding hydrogens is 338 g/mol. The standard InChI is InChI=1S/C19H21NO6/c1-24-14-6-4-5-12(9-14)7-8-17(21)20-15-10-13(19(22)23)11-16(25-2)18(15)26-3/h4-6,9-11H,7-8H2,1-3H3,(H,20,21)(H,22,23). The molecule has 7 heteroatoms. The summed E-state index contributed by atoms with van der Waals surface area (Å²) < 4.78 is 15.6. The van der Waals surface area contributed by atoms with Crippen LogP contribution in [-0.4, -0.2) is 38.3 Å². The molecule has 0 aliphatic rings. The van der Waals surface area contributed by atoms with Crippen LogP contribution in [0.2, 0.25) is 0 Å². The number of amides is 1. The van der Waals surface area contributed by atoms with Gasteiger partial charge in [0, 0.05) is 6.42 Å². The molecule has 0 bridgehead atoms. The van der Waals surface area contributed by atoms with Crippen LogP contribution in [0.1, 0.15) is 22.3 Å². The number of carbonyl (C=O) groups excluding carboxylic acids is 1. The lowest BCUT2D eigenvalue weighted by molar-refractivity contribution is -0.116. The first-order valence-corrected chi connectivity index (χ1v) is 7.90. The van der Waals surface area contributed by atoms with E-state index in [4.69, 9.17) is 14.2 Å². The molecule has 2 aromatic carbocycles. The molecule has 0 aliphatic heterocycles. The van der Waals surface area contributed by atoms with E-state index in [1.165, 1.54) is 26.4 Å². The highest BCUT2D eigenvalue weighted by Gasteiger charge is 2.17. The zero-order valence-electron chi connectivity index (χ0n) is 14.9. The van der Waals surface area contributed by atoms with E-state index in [1.807, 2.05) is 24.3 Å². The highest BCUT2D eigenvalue weighted by molar-refractivity contribution is 5.96. The van der Waals surface area contributed by atoms with Gasteiger partial charge in [-0.1, -0.05) is 12.1 Å². The molecule has 0 aliphatic carbocycles. The normalized spacial score (nSPS) is 10.1. The Morgan fingerprint density at radius 2 is 1.81 bits per heavy atom. The topological polar surface area (TPSA) is 94.1 Å². The van der Waals surface area contributed by atoms with Crippen molar-refractivity contribution in [1.29, 1.82) is 0 Å². The molecule has 0 radical (unpaired) electrons. The Hall–Kier alpha value is -3.22. The number of anilines is 1. The van der Waals surface area contributed by atoms with Crippen molar-refractivity contribution >= 4 is 17.6 Å². The van der Waals surface area contributed by atoms with Gasteiger partial charge in [-0.3, -0.25) is 4.79 Å². The van der Waals surface area contributed by atoms with Crippen molar-refractivity contribution in [2.24, 2.45) is 0 Å². The number of rotatable bonds is 8. The molecule has 2 rings (SSSR count). The van der Waals surface area contributed by atoms with Crippen LogP contribution in [0.5, 0.6) is 17.2 Å². The van der Waals surface area contributed by atoms with E-state index in [-0.39, 0.29) is 35.1 Å². The minimum absolute atomic E-state index is 0.00857. The summed E-state index contributed by atoms with van der Waals surface area (Å²) in [5.41, 5.74) is 1.20. The number of aryl methyl sites for hydroxylation is 1. The van der Waals surface area contributed by atoms with Crippen LogP contribution in [0.3, 0.4) is 0 Å². The summed E-state index contributed by atoms with van der Waals surface area (Å²) in [6, 6.07) is 10.1. The first kappa shape index (κ1) is 19.1. The zero-order valence-corrected chi connectivity index (χ0v) is 14.9. The molecular formula is C19H21NO6. The van der Waals surface area contributed by atoms with Gasteiger partial charge < -0.3 is 24.6 Å². The number of benzene rings is 2. The minimum atomic E-state index is -1.13. The van der Waals surface area contributed by atoms with Crippen LogP contribution in [0.15, 0.2) is 36.4 Å². The average Bonchev–Trinajstić information content (AvgIpc) is 2.65. The fourth-order valence-electron chi connectivity index (χ4n) is 2.48. The maximum atomic E-state index is 12.3. The van der Waals surface area contributed by atoms with Crippen molar-refractivity contribution in [2.45, 2.75) is 12.8 Å². The number of carboxylic acids is 1. The van der Waals surface area contributed by atoms with Crippen LogP contribution < -0.4 is 19.5 Å². The number of ether oxygens (including phenoxy) is 3. The van der Waals surface area contributed by atoms with Gasteiger partial charge in [0.25, 0.3) is 0 Å². The molecule has 0 saturated heterocycles. The number of nitrogens with one attached hydrogen (secondary N) is 1. The number of aromatic carboxylic acids is 1. The van der Waals surface area contributed by atoms with E-state index in [0.717, 1.165) is 11.3 Å². The summed E-state index contributed by atoms with van der Waals surface area (Å²) in [5, 5.41) is 11.9. The molecule has 1 amide bonds. The Morgan fingerprint density at radius 3 is 2.42 bits per heavy atom. The molecule has 26 heavy (non-hydrogen) atoms. The van der Waals surface area contributed by atoms with Gasteiger partial charge in [-0.25, -0.2) is 4.79 Å². The minimum Gasteiger partial charge on any atom is -0.497 e. The number of carbonyl (C=O) groups is 2. The predicted octanol–water partition coefficient (Wildman–Crippen LogP) is 2.98. The number of methoxy groups -OCH3 is 3. The third kappa shape index (κ3) is 4.66. The van der Waals surface area contributed by atoms with E-state index in [0.29, 0.717) is 6.42 Å². The lowest BCUT2D eigenvalue weighted by Gasteiger charge is -2.15. The Bertz CT molecular complexity index is 803. The molecule has 2 aromatic rings. The monoisotopic (exact) mass is 359 g/mol. The van der Waals surface area contributed by atoms with E-state index < -0.39 is 5.97 Å². The van der Waals surface area contributed by atoms with Gasteiger partial charge in [-0.2, -0.15) is 0 Å². The molecule has 0 heterocycles. The Kier molecular flexibility index (Phi) is 6.43. The molecule has 2 N–H and O–H groups in total. The number of carboxylic acid groups (broad SMARTS) is 1. The second-order valence-electron chi connectivity index (χ2n) is 5.46. The van der Waals surface area contributed by atoms with Crippen molar-refractivity contribution in [3.8, 4) is 17.2 Å². The zero-order chi connectivity index (χ0) is 19.1. The third-order valence-electron chi connectivity index (χ3n) is 3.77. The van der Waals surface area contributed by atoms with Crippen LogP contribution in [0.4, 0.5) is 5.69 Å². The Morgan fingerprint density at radius 1 is 1.04 bits per heavy atom. The largest absolute Gasteiger partial charge is 0.497 e. The lowest BCUT2D eigenvalue weighted by atomic mass is 10.1. The van der Waals surface area contributed by atoms with Gasteiger partial charge in [-0.15, -0.1) is 0 Å². The fourth-order valence-corrected chi connectivity index (χ4v) is 2.48. The molecule has 0 atom stereocenters. The van der Waals surface area contributed by atoms with Crippen LogP contribution in [-0.2, 0) is 11.2 Å². The summed E-state index contributed by atoms with van der Waals surface area (Å²) in [5.74, 6) is -0.167. The van der Waals surface area contributed by atoms with Crippen LogP contribution in [0, 0.1) is 0 Å². The van der Waals surface area contributed by atoms with E-state index in [2.05, 4.69) is 5.32 Å². The molecule has 0 unspecified atom stereocenters. The third-order valence-corrected chi connectivity index (χ3v) is 3.77.